The number of halogens is 1. The quantitative estimate of drug-likeness (QED) is 0.541. The van der Waals surface area contributed by atoms with Crippen LogP contribution in [0, 0.1) is 8.48 Å². The number of hydrogen-bond donors (Lipinski definition) is 0. The molecule has 0 bridgehead atoms. The van der Waals surface area contributed by atoms with Crippen molar-refractivity contribution in [2.45, 2.75) is 0 Å². The predicted octanol–water partition coefficient (Wildman–Crippen LogP) is 2.69. The molecule has 0 heterocycles. The van der Waals surface area contributed by atoms with E-state index in [1.165, 1.54) is 0 Å². The van der Waals surface area contributed by atoms with Crippen molar-refractivity contribution in [1.82, 2.24) is 0 Å². The molecule has 1 aromatic carbocycles. The molecule has 0 aliphatic heterocycles. The van der Waals surface area contributed by atoms with Crippen molar-refractivity contribution in [3.05, 3.63) is 32.7 Å². The van der Waals surface area contributed by atoms with E-state index in [1.54, 1.807) is 12.1 Å². The molecular formula is C6H4INO. The molecule has 46 valence electrons. The van der Waals surface area contributed by atoms with Gasteiger partial charge in [-0.25, -0.2) is 0 Å². The van der Waals surface area contributed by atoms with Crippen molar-refractivity contribution in [3.63, 3.8) is 0 Å². The van der Waals surface area contributed by atoms with Gasteiger partial charge < -0.3 is 0 Å². The van der Waals surface area contributed by atoms with Gasteiger partial charge in [0.2, 0.25) is 0 Å². The third-order valence-electron chi connectivity index (χ3n) is 0.932. The summed E-state index contributed by atoms with van der Waals surface area (Å²) in [5, 5.41) is 2.76. The van der Waals surface area contributed by atoms with E-state index in [-0.39, 0.29) is 0 Å². The van der Waals surface area contributed by atoms with Crippen LogP contribution in [-0.2, 0) is 0 Å². The van der Waals surface area contributed by atoms with Crippen LogP contribution in [-0.4, -0.2) is 0 Å². The maximum Gasteiger partial charge on any atom is 0.108 e. The summed E-state index contributed by atoms with van der Waals surface area (Å²) < 4.78 is 1.11. The van der Waals surface area contributed by atoms with E-state index >= 15 is 0 Å². The molecular weight excluding hydrogens is 229 g/mol. The molecule has 0 fully saturated rings. The SMILES string of the molecule is O=Nc1ccc(I)cc1. The van der Waals surface area contributed by atoms with Gasteiger partial charge in [-0.1, -0.05) is 0 Å². The van der Waals surface area contributed by atoms with Crippen LogP contribution in [0.15, 0.2) is 29.4 Å². The highest BCUT2D eigenvalue weighted by Gasteiger charge is 1.87. The van der Waals surface area contributed by atoms with E-state index in [4.69, 9.17) is 0 Å². The zero-order chi connectivity index (χ0) is 6.69. The summed E-state index contributed by atoms with van der Waals surface area (Å²) in [6, 6.07) is 7.07. The Bertz CT molecular complexity index is 207. The van der Waals surface area contributed by atoms with Gasteiger partial charge in [0.05, 0.1) is 0 Å². The first kappa shape index (κ1) is 6.67. The number of nitroso groups, excluding NO2 is 1. The van der Waals surface area contributed by atoms with Crippen LogP contribution < -0.4 is 0 Å². The zero-order valence-electron chi connectivity index (χ0n) is 4.54. The Kier molecular flexibility index (Phi) is 2.16. The normalized spacial score (nSPS) is 9.00. The largest absolute Gasteiger partial charge is 0.145 e. The topological polar surface area (TPSA) is 29.4 Å². The first-order valence-corrected chi connectivity index (χ1v) is 3.50. The lowest BCUT2D eigenvalue weighted by Gasteiger charge is -1.86. The van der Waals surface area contributed by atoms with Crippen LogP contribution in [0.5, 0.6) is 0 Å². The van der Waals surface area contributed by atoms with Crippen molar-refractivity contribution in [2.24, 2.45) is 5.18 Å². The molecule has 3 heteroatoms. The van der Waals surface area contributed by atoms with Gasteiger partial charge in [-0.3, -0.25) is 0 Å². The molecule has 0 atom stereocenters. The Morgan fingerprint density at radius 3 is 2.22 bits per heavy atom. The molecule has 9 heavy (non-hydrogen) atoms. The zero-order valence-corrected chi connectivity index (χ0v) is 6.70. The van der Waals surface area contributed by atoms with E-state index in [1.807, 2.05) is 12.1 Å². The van der Waals surface area contributed by atoms with E-state index in [0.29, 0.717) is 5.69 Å². The summed E-state index contributed by atoms with van der Waals surface area (Å²) in [7, 11) is 0. The summed E-state index contributed by atoms with van der Waals surface area (Å²) in [6.07, 6.45) is 0. The van der Waals surface area contributed by atoms with Crippen molar-refractivity contribution in [3.8, 4) is 0 Å². The van der Waals surface area contributed by atoms with Crippen LogP contribution >= 0.6 is 22.6 Å². The first-order chi connectivity index (χ1) is 4.33. The van der Waals surface area contributed by atoms with E-state index in [0.717, 1.165) is 3.57 Å². The highest BCUT2D eigenvalue weighted by atomic mass is 127. The summed E-state index contributed by atoms with van der Waals surface area (Å²) in [5.74, 6) is 0. The highest BCUT2D eigenvalue weighted by molar-refractivity contribution is 14.1. The summed E-state index contributed by atoms with van der Waals surface area (Å²) in [5.41, 5.74) is 0.482. The molecule has 0 saturated carbocycles. The maximum atomic E-state index is 9.87. The standard InChI is InChI=1S/C6H4INO/c7-5-1-3-6(8-9)4-2-5/h1-4H. The average Bonchev–Trinajstić information content (AvgIpc) is 1.90. The van der Waals surface area contributed by atoms with Crippen LogP contribution in [0.4, 0.5) is 5.69 Å². The first-order valence-electron chi connectivity index (χ1n) is 2.42. The van der Waals surface area contributed by atoms with Crippen molar-refractivity contribution in [1.29, 1.82) is 0 Å². The third-order valence-corrected chi connectivity index (χ3v) is 1.65. The lowest BCUT2D eigenvalue weighted by Crippen LogP contribution is -1.65. The molecule has 0 radical (unpaired) electrons. The molecule has 2 nitrogen and oxygen atoms in total. The fourth-order valence-corrected chi connectivity index (χ4v) is 0.862. The molecule has 0 spiro atoms. The van der Waals surface area contributed by atoms with Crippen LogP contribution in [0.1, 0.15) is 0 Å². The molecule has 0 aliphatic rings. The number of hydrogen-bond acceptors (Lipinski definition) is 2. The lowest BCUT2D eigenvalue weighted by molar-refractivity contribution is 1.48. The molecule has 0 unspecified atom stereocenters. The van der Waals surface area contributed by atoms with Crippen molar-refractivity contribution < 1.29 is 0 Å². The van der Waals surface area contributed by atoms with Gasteiger partial charge >= 0.3 is 0 Å². The van der Waals surface area contributed by atoms with Crippen molar-refractivity contribution in [2.75, 3.05) is 0 Å². The van der Waals surface area contributed by atoms with Crippen LogP contribution in [0.3, 0.4) is 0 Å². The summed E-state index contributed by atoms with van der Waals surface area (Å²) >= 11 is 2.17. The average molecular weight is 233 g/mol. The maximum absolute atomic E-state index is 9.87. The van der Waals surface area contributed by atoms with Gasteiger partial charge in [-0.15, -0.1) is 4.91 Å². The van der Waals surface area contributed by atoms with Gasteiger partial charge in [0.1, 0.15) is 5.69 Å². The Hall–Kier alpha value is -0.450. The molecule has 0 amide bonds. The monoisotopic (exact) mass is 233 g/mol. The second-order valence-electron chi connectivity index (χ2n) is 1.57. The van der Waals surface area contributed by atoms with Crippen LogP contribution in [0.2, 0.25) is 0 Å². The summed E-state index contributed by atoms with van der Waals surface area (Å²) in [4.78, 5) is 9.87. The molecule has 0 N–H and O–H groups in total. The number of rotatable bonds is 1. The van der Waals surface area contributed by atoms with E-state index < -0.39 is 0 Å². The molecule has 0 aliphatic carbocycles. The van der Waals surface area contributed by atoms with Gasteiger partial charge in [0, 0.05) is 3.57 Å². The van der Waals surface area contributed by atoms with Gasteiger partial charge in [0.25, 0.3) is 0 Å². The highest BCUT2D eigenvalue weighted by Crippen LogP contribution is 2.12. The second kappa shape index (κ2) is 2.91. The minimum Gasteiger partial charge on any atom is -0.145 e. The van der Waals surface area contributed by atoms with Crippen molar-refractivity contribution >= 4 is 28.3 Å². The van der Waals surface area contributed by atoms with Gasteiger partial charge in [-0.05, 0) is 52.0 Å². The van der Waals surface area contributed by atoms with E-state index in [2.05, 4.69) is 27.8 Å². The second-order valence-corrected chi connectivity index (χ2v) is 2.81. The molecule has 0 saturated heterocycles. The number of benzene rings is 1. The Morgan fingerprint density at radius 1 is 1.22 bits per heavy atom. The van der Waals surface area contributed by atoms with Gasteiger partial charge in [0.15, 0.2) is 0 Å². The fourth-order valence-electron chi connectivity index (χ4n) is 0.502. The third kappa shape index (κ3) is 1.74. The Labute approximate surface area is 66.4 Å². The Balaban J connectivity index is 3.01. The molecule has 0 aromatic heterocycles. The molecule has 1 rings (SSSR count). The lowest BCUT2D eigenvalue weighted by atomic mass is 10.3. The molecule has 1 aromatic rings. The van der Waals surface area contributed by atoms with E-state index in [9.17, 15) is 4.91 Å². The Morgan fingerprint density at radius 2 is 1.78 bits per heavy atom. The minimum absolute atomic E-state index is 0.482. The smallest absolute Gasteiger partial charge is 0.108 e. The van der Waals surface area contributed by atoms with Crippen LogP contribution in [0.25, 0.3) is 0 Å². The minimum atomic E-state index is 0.482. The predicted molar refractivity (Wildman–Crippen MR) is 44.6 cm³/mol. The number of nitrogens with zero attached hydrogens (tertiary/aromatic N) is 1. The fraction of sp³-hybridized carbons (Fsp3) is 0. The van der Waals surface area contributed by atoms with Gasteiger partial charge in [-0.2, -0.15) is 0 Å². The summed E-state index contributed by atoms with van der Waals surface area (Å²) in [6.45, 7) is 0.